The molecule has 0 unspecified atom stereocenters. The highest BCUT2D eigenvalue weighted by Gasteiger charge is 2.10. The van der Waals surface area contributed by atoms with Crippen molar-refractivity contribution < 1.29 is 24.5 Å². The summed E-state index contributed by atoms with van der Waals surface area (Å²) in [4.78, 5) is 20.1. The van der Waals surface area contributed by atoms with Gasteiger partial charge < -0.3 is 14.9 Å². The number of aliphatic hydroxyl groups is 1. The second-order valence-electron chi connectivity index (χ2n) is 1.68. The van der Waals surface area contributed by atoms with Crippen LogP contribution in [0.5, 0.6) is 0 Å². The molecule has 0 saturated heterocycles. The Balaban J connectivity index is 3.50. The molecule has 0 aliphatic heterocycles. The smallest absolute Gasteiger partial charge is 0.341 e. The van der Waals surface area contributed by atoms with E-state index in [2.05, 4.69) is 4.74 Å². The zero-order valence-electron chi connectivity index (χ0n) is 5.40. The summed E-state index contributed by atoms with van der Waals surface area (Å²) in [6, 6.07) is 0. The fraction of sp³-hybridized carbons (Fsp3) is 0.600. The van der Waals surface area contributed by atoms with E-state index in [1.807, 2.05) is 0 Å². The molecule has 0 radical (unpaired) electrons. The topological polar surface area (TPSA) is 83.8 Å². The predicted octanol–water partition coefficient (Wildman–Crippen LogP) is -1.01. The molecule has 58 valence electrons. The second kappa shape index (κ2) is 3.84. The average Bonchev–Trinajstić information content (AvgIpc) is 1.82. The Hall–Kier alpha value is -1.10. The highest BCUT2D eigenvalue weighted by molar-refractivity contribution is 5.77. The van der Waals surface area contributed by atoms with Crippen molar-refractivity contribution in [1.29, 1.82) is 0 Å². The van der Waals surface area contributed by atoms with Crippen LogP contribution in [-0.4, -0.2) is 34.9 Å². The van der Waals surface area contributed by atoms with Gasteiger partial charge in [0, 0.05) is 0 Å². The van der Waals surface area contributed by atoms with Crippen LogP contribution in [0, 0.1) is 0 Å². The maximum Gasteiger partial charge on any atom is 0.341 e. The van der Waals surface area contributed by atoms with Gasteiger partial charge in [-0.15, -0.1) is 0 Å². The predicted molar refractivity (Wildman–Crippen MR) is 30.3 cm³/mol. The van der Waals surface area contributed by atoms with Crippen LogP contribution in [0.1, 0.15) is 6.92 Å². The van der Waals surface area contributed by atoms with Gasteiger partial charge in [0.25, 0.3) is 0 Å². The summed E-state index contributed by atoms with van der Waals surface area (Å²) in [6.07, 6.45) is -1.26. The van der Waals surface area contributed by atoms with Gasteiger partial charge in [0.05, 0.1) is 0 Å². The monoisotopic (exact) mass is 148 g/mol. The van der Waals surface area contributed by atoms with Crippen LogP contribution in [0.4, 0.5) is 0 Å². The van der Waals surface area contributed by atoms with Gasteiger partial charge in [-0.1, -0.05) is 0 Å². The van der Waals surface area contributed by atoms with Crippen molar-refractivity contribution in [1.82, 2.24) is 0 Å². The lowest BCUT2D eigenvalue weighted by Gasteiger charge is -2.01. The third kappa shape index (κ3) is 3.85. The number of aliphatic hydroxyl groups excluding tert-OH is 1. The Morgan fingerprint density at radius 2 is 2.10 bits per heavy atom. The normalized spacial score (nSPS) is 12.2. The third-order valence-corrected chi connectivity index (χ3v) is 0.679. The van der Waals surface area contributed by atoms with E-state index < -0.39 is 24.6 Å². The van der Waals surface area contributed by atoms with Crippen LogP contribution in [-0.2, 0) is 14.3 Å². The van der Waals surface area contributed by atoms with Crippen LogP contribution in [0.15, 0.2) is 0 Å². The van der Waals surface area contributed by atoms with E-state index in [9.17, 15) is 9.59 Å². The van der Waals surface area contributed by atoms with Crippen LogP contribution in [0.25, 0.3) is 0 Å². The van der Waals surface area contributed by atoms with Gasteiger partial charge in [-0.25, -0.2) is 9.59 Å². The molecule has 0 rings (SSSR count). The molecule has 0 spiro atoms. The fourth-order valence-electron chi connectivity index (χ4n) is 0.253. The molecule has 0 aliphatic rings. The summed E-state index contributed by atoms with van der Waals surface area (Å²) in [5.74, 6) is -2.17. The van der Waals surface area contributed by atoms with Gasteiger partial charge in [-0.2, -0.15) is 0 Å². The van der Waals surface area contributed by atoms with Crippen LogP contribution in [0.2, 0.25) is 0 Å². The largest absolute Gasteiger partial charge is 0.479 e. The van der Waals surface area contributed by atoms with Crippen LogP contribution < -0.4 is 0 Å². The number of hydrogen-bond acceptors (Lipinski definition) is 4. The van der Waals surface area contributed by atoms with E-state index in [-0.39, 0.29) is 0 Å². The molecule has 0 fully saturated rings. The summed E-state index contributed by atoms with van der Waals surface area (Å²) in [5.41, 5.74) is 0. The summed E-state index contributed by atoms with van der Waals surface area (Å²) in [6.45, 7) is 0.494. The number of hydrogen-bond donors (Lipinski definition) is 2. The van der Waals surface area contributed by atoms with E-state index in [1.54, 1.807) is 0 Å². The number of carboxylic acid groups (broad SMARTS) is 1. The highest BCUT2D eigenvalue weighted by Crippen LogP contribution is 1.85. The molecule has 1 atom stereocenters. The Kier molecular flexibility index (Phi) is 3.42. The first kappa shape index (κ1) is 8.90. The third-order valence-electron chi connectivity index (χ3n) is 0.679. The molecule has 5 heteroatoms. The standard InChI is InChI=1S/C5H8O5/c1-3(6)5(9)10-2-4(7)8/h3,6H,2H2,1H3,(H,7,8)/t3-/m0/s1. The molecule has 0 aliphatic carbocycles. The summed E-state index contributed by atoms with van der Waals surface area (Å²) in [7, 11) is 0. The quantitative estimate of drug-likeness (QED) is 0.501. The zero-order chi connectivity index (χ0) is 8.15. The van der Waals surface area contributed by atoms with Crippen molar-refractivity contribution in [3.63, 3.8) is 0 Å². The minimum Gasteiger partial charge on any atom is -0.479 e. The number of esters is 1. The lowest BCUT2D eigenvalue weighted by molar-refractivity contribution is -0.160. The van der Waals surface area contributed by atoms with Crippen LogP contribution in [0.3, 0.4) is 0 Å². The first-order valence-electron chi connectivity index (χ1n) is 2.60. The first-order valence-corrected chi connectivity index (χ1v) is 2.60. The fourth-order valence-corrected chi connectivity index (χ4v) is 0.253. The van der Waals surface area contributed by atoms with Crippen molar-refractivity contribution in [3.05, 3.63) is 0 Å². The zero-order valence-corrected chi connectivity index (χ0v) is 5.40. The molecule has 0 saturated carbocycles. The Morgan fingerprint density at radius 1 is 1.60 bits per heavy atom. The van der Waals surface area contributed by atoms with Gasteiger partial charge >= 0.3 is 11.9 Å². The maximum absolute atomic E-state index is 10.3. The number of carbonyl (C=O) groups is 2. The minimum atomic E-state index is -1.26. The van der Waals surface area contributed by atoms with Gasteiger partial charge in [0.15, 0.2) is 6.61 Å². The van der Waals surface area contributed by atoms with E-state index in [1.165, 1.54) is 6.92 Å². The SMILES string of the molecule is C[C@H](O)C(=O)OCC(=O)O. The summed E-state index contributed by atoms with van der Waals surface area (Å²) < 4.78 is 4.08. The molecule has 10 heavy (non-hydrogen) atoms. The Labute approximate surface area is 57.2 Å². The van der Waals surface area contributed by atoms with E-state index >= 15 is 0 Å². The number of rotatable bonds is 3. The maximum atomic E-state index is 10.3. The van der Waals surface area contributed by atoms with Crippen molar-refractivity contribution in [3.8, 4) is 0 Å². The minimum absolute atomic E-state index is 0.705. The van der Waals surface area contributed by atoms with Crippen molar-refractivity contribution in [2.24, 2.45) is 0 Å². The van der Waals surface area contributed by atoms with E-state index in [0.717, 1.165) is 0 Å². The molecular formula is C5H8O5. The molecule has 0 amide bonds. The molecule has 0 aromatic rings. The van der Waals surface area contributed by atoms with E-state index in [0.29, 0.717) is 0 Å². The van der Waals surface area contributed by atoms with Gasteiger partial charge in [0.2, 0.25) is 0 Å². The van der Waals surface area contributed by atoms with Crippen molar-refractivity contribution in [2.75, 3.05) is 6.61 Å². The average molecular weight is 148 g/mol. The number of carbonyl (C=O) groups excluding carboxylic acids is 1. The number of carboxylic acids is 1. The Morgan fingerprint density at radius 3 is 2.40 bits per heavy atom. The molecule has 0 aromatic heterocycles. The highest BCUT2D eigenvalue weighted by atomic mass is 16.6. The molecule has 0 aromatic carbocycles. The summed E-state index contributed by atoms with van der Waals surface area (Å²) in [5, 5.41) is 16.5. The van der Waals surface area contributed by atoms with Gasteiger partial charge in [-0.05, 0) is 6.92 Å². The molecule has 0 bridgehead atoms. The molecule has 2 N–H and O–H groups in total. The van der Waals surface area contributed by atoms with Crippen LogP contribution >= 0.6 is 0 Å². The second-order valence-corrected chi connectivity index (χ2v) is 1.68. The number of ether oxygens (including phenoxy) is 1. The Bertz CT molecular complexity index is 139. The number of aliphatic carboxylic acids is 1. The van der Waals surface area contributed by atoms with Gasteiger partial charge in [0.1, 0.15) is 6.10 Å². The molecule has 5 nitrogen and oxygen atoms in total. The van der Waals surface area contributed by atoms with Crippen molar-refractivity contribution in [2.45, 2.75) is 13.0 Å². The molecule has 0 heterocycles. The van der Waals surface area contributed by atoms with Crippen molar-refractivity contribution >= 4 is 11.9 Å². The van der Waals surface area contributed by atoms with E-state index in [4.69, 9.17) is 10.2 Å². The lowest BCUT2D eigenvalue weighted by atomic mass is 10.4. The molecular weight excluding hydrogens is 140 g/mol. The van der Waals surface area contributed by atoms with Gasteiger partial charge in [-0.3, -0.25) is 0 Å². The first-order chi connectivity index (χ1) is 4.54. The lowest BCUT2D eigenvalue weighted by Crippen LogP contribution is -2.22. The summed E-state index contributed by atoms with van der Waals surface area (Å²) >= 11 is 0.